The molecule has 9 nitrogen and oxygen atoms in total. The summed E-state index contributed by atoms with van der Waals surface area (Å²) in [6, 6.07) is 9.81. The number of non-ortho nitro benzene ring substituents is 1. The van der Waals surface area contributed by atoms with Crippen LogP contribution in [0.3, 0.4) is 0 Å². The van der Waals surface area contributed by atoms with Gasteiger partial charge in [-0.1, -0.05) is 6.07 Å². The fourth-order valence-electron chi connectivity index (χ4n) is 1.91. The van der Waals surface area contributed by atoms with Gasteiger partial charge in [-0.2, -0.15) is 0 Å². The Hall–Kier alpha value is -2.85. The van der Waals surface area contributed by atoms with E-state index in [1.165, 1.54) is 0 Å². The van der Waals surface area contributed by atoms with Crippen molar-refractivity contribution in [1.82, 2.24) is 15.0 Å². The lowest BCUT2D eigenvalue weighted by molar-refractivity contribution is -0.384. The van der Waals surface area contributed by atoms with Gasteiger partial charge in [0.05, 0.1) is 22.1 Å². The first-order chi connectivity index (χ1) is 11.9. The Bertz CT molecular complexity index is 838. The molecule has 0 unspecified atom stereocenters. The summed E-state index contributed by atoms with van der Waals surface area (Å²) in [5, 5.41) is 13.2. The van der Waals surface area contributed by atoms with Gasteiger partial charge in [0.2, 0.25) is 15.9 Å². The molecule has 2 aromatic rings. The van der Waals surface area contributed by atoms with Gasteiger partial charge in [-0.25, -0.2) is 13.1 Å². The highest BCUT2D eigenvalue weighted by Gasteiger charge is 2.16. The molecule has 1 aromatic carbocycles. The molecule has 1 aromatic heterocycles. The van der Waals surface area contributed by atoms with E-state index < -0.39 is 14.9 Å². The molecule has 0 atom stereocenters. The van der Waals surface area contributed by atoms with Crippen molar-refractivity contribution in [2.75, 3.05) is 6.54 Å². The third kappa shape index (κ3) is 5.62. The third-order valence-electron chi connectivity index (χ3n) is 3.19. The summed E-state index contributed by atoms with van der Waals surface area (Å²) >= 11 is 0. The smallest absolute Gasteiger partial charge is 0.269 e. The van der Waals surface area contributed by atoms with Gasteiger partial charge >= 0.3 is 0 Å². The minimum absolute atomic E-state index is 0.0426. The topological polar surface area (TPSA) is 131 Å². The van der Waals surface area contributed by atoms with Crippen LogP contribution in [0.15, 0.2) is 53.6 Å². The van der Waals surface area contributed by atoms with Gasteiger partial charge in [0.25, 0.3) is 5.69 Å². The number of nitrogens with one attached hydrogen (secondary N) is 2. The predicted octanol–water partition coefficient (Wildman–Crippen LogP) is 0.975. The number of rotatable bonds is 8. The Morgan fingerprint density at radius 1 is 1.16 bits per heavy atom. The predicted molar refractivity (Wildman–Crippen MR) is 89.0 cm³/mol. The molecule has 1 amide bonds. The molecule has 0 saturated carbocycles. The van der Waals surface area contributed by atoms with Crippen molar-refractivity contribution in [3.63, 3.8) is 0 Å². The molecule has 0 bridgehead atoms. The zero-order valence-electron chi connectivity index (χ0n) is 13.1. The number of benzene rings is 1. The van der Waals surface area contributed by atoms with E-state index in [1.54, 1.807) is 24.4 Å². The van der Waals surface area contributed by atoms with Crippen LogP contribution in [0.5, 0.6) is 0 Å². The molecule has 0 fully saturated rings. The molecule has 10 heteroatoms. The van der Waals surface area contributed by atoms with Crippen LogP contribution >= 0.6 is 0 Å². The highest BCUT2D eigenvalue weighted by molar-refractivity contribution is 7.89. The summed E-state index contributed by atoms with van der Waals surface area (Å²) in [5.74, 6) is -0.322. The molecule has 0 aliphatic rings. The number of amides is 1. The zero-order valence-corrected chi connectivity index (χ0v) is 13.9. The monoisotopic (exact) mass is 364 g/mol. The summed E-state index contributed by atoms with van der Waals surface area (Å²) in [7, 11) is -3.83. The van der Waals surface area contributed by atoms with Crippen LogP contribution in [0, 0.1) is 10.1 Å². The summed E-state index contributed by atoms with van der Waals surface area (Å²) in [4.78, 5) is 25.6. The zero-order chi connectivity index (χ0) is 18.3. The van der Waals surface area contributed by atoms with Crippen LogP contribution in [0.25, 0.3) is 0 Å². The Balaban J connectivity index is 1.81. The normalized spacial score (nSPS) is 11.0. The fraction of sp³-hybridized carbons (Fsp3) is 0.200. The number of nitrogens with zero attached hydrogens (tertiary/aromatic N) is 2. The van der Waals surface area contributed by atoms with Crippen molar-refractivity contribution in [2.24, 2.45) is 0 Å². The first kappa shape index (κ1) is 18.5. The van der Waals surface area contributed by atoms with Gasteiger partial charge < -0.3 is 5.32 Å². The summed E-state index contributed by atoms with van der Waals surface area (Å²) in [6.07, 6.45) is 1.57. The highest BCUT2D eigenvalue weighted by Crippen LogP contribution is 2.15. The fourth-order valence-corrected chi connectivity index (χ4v) is 2.94. The Kier molecular flexibility index (Phi) is 6.14. The van der Waals surface area contributed by atoms with E-state index in [-0.39, 0.29) is 36.0 Å². The quantitative estimate of drug-likeness (QED) is 0.530. The molecule has 25 heavy (non-hydrogen) atoms. The molecule has 0 spiro atoms. The summed E-state index contributed by atoms with van der Waals surface area (Å²) < 4.78 is 26.4. The molecular formula is C15H16N4O5S. The van der Waals surface area contributed by atoms with Crippen molar-refractivity contribution in [2.45, 2.75) is 17.9 Å². The summed E-state index contributed by atoms with van der Waals surface area (Å²) in [6.45, 7) is 0.169. The van der Waals surface area contributed by atoms with Gasteiger partial charge in [0.15, 0.2) is 0 Å². The lowest BCUT2D eigenvalue weighted by Gasteiger charge is -2.07. The van der Waals surface area contributed by atoms with Gasteiger partial charge in [0.1, 0.15) is 0 Å². The van der Waals surface area contributed by atoms with Gasteiger partial charge in [-0.3, -0.25) is 19.9 Å². The molecule has 0 radical (unpaired) electrons. The van der Waals surface area contributed by atoms with E-state index in [4.69, 9.17) is 0 Å². The van der Waals surface area contributed by atoms with Crippen molar-refractivity contribution in [3.8, 4) is 0 Å². The van der Waals surface area contributed by atoms with Crippen LogP contribution in [0.4, 0.5) is 5.69 Å². The highest BCUT2D eigenvalue weighted by atomic mass is 32.2. The molecular weight excluding hydrogens is 348 g/mol. The molecule has 132 valence electrons. The number of hydrogen-bond acceptors (Lipinski definition) is 6. The second-order valence-electron chi connectivity index (χ2n) is 5.00. The van der Waals surface area contributed by atoms with Crippen molar-refractivity contribution >= 4 is 21.6 Å². The molecule has 2 rings (SSSR count). The van der Waals surface area contributed by atoms with Crippen LogP contribution in [-0.2, 0) is 21.4 Å². The second-order valence-corrected chi connectivity index (χ2v) is 6.76. The number of nitro groups is 1. The van der Waals surface area contributed by atoms with Crippen molar-refractivity contribution in [3.05, 3.63) is 64.5 Å². The minimum atomic E-state index is -3.83. The van der Waals surface area contributed by atoms with Gasteiger partial charge in [-0.15, -0.1) is 0 Å². The number of aromatic nitrogens is 1. The largest absolute Gasteiger partial charge is 0.350 e. The molecule has 0 aliphatic carbocycles. The third-order valence-corrected chi connectivity index (χ3v) is 4.67. The molecule has 2 N–H and O–H groups in total. The van der Waals surface area contributed by atoms with E-state index in [9.17, 15) is 23.3 Å². The SMILES string of the molecule is O=C(CCNS(=O)(=O)c1ccc([N+](=O)[O-])cc1)NCc1ccccn1. The average Bonchev–Trinajstić information content (AvgIpc) is 2.61. The maximum atomic E-state index is 12.1. The molecule has 1 heterocycles. The Morgan fingerprint density at radius 3 is 2.48 bits per heavy atom. The number of pyridine rings is 1. The lowest BCUT2D eigenvalue weighted by Crippen LogP contribution is -2.30. The molecule has 0 saturated heterocycles. The van der Waals surface area contributed by atoms with E-state index in [0.717, 1.165) is 24.3 Å². The Labute approximate surface area is 144 Å². The van der Waals surface area contributed by atoms with Crippen LogP contribution < -0.4 is 10.0 Å². The van der Waals surface area contributed by atoms with E-state index in [1.807, 2.05) is 0 Å². The standard InChI is InChI=1S/C15H16N4O5S/c20-15(17-11-12-3-1-2-9-16-12)8-10-18-25(23,24)14-6-4-13(5-7-14)19(21)22/h1-7,9,18H,8,10-11H2,(H,17,20). The van der Waals surface area contributed by atoms with E-state index >= 15 is 0 Å². The van der Waals surface area contributed by atoms with Crippen molar-refractivity contribution in [1.29, 1.82) is 0 Å². The number of carbonyl (C=O) groups excluding carboxylic acids is 1. The average molecular weight is 364 g/mol. The number of nitro benzene ring substituents is 1. The van der Waals surface area contributed by atoms with E-state index in [2.05, 4.69) is 15.0 Å². The van der Waals surface area contributed by atoms with Crippen molar-refractivity contribution < 1.29 is 18.1 Å². The van der Waals surface area contributed by atoms with Gasteiger partial charge in [-0.05, 0) is 24.3 Å². The maximum Gasteiger partial charge on any atom is 0.269 e. The second kappa shape index (κ2) is 8.31. The first-order valence-corrected chi connectivity index (χ1v) is 8.77. The number of carbonyl (C=O) groups is 1. The lowest BCUT2D eigenvalue weighted by atomic mass is 10.3. The van der Waals surface area contributed by atoms with E-state index in [0.29, 0.717) is 5.69 Å². The minimum Gasteiger partial charge on any atom is -0.350 e. The van der Waals surface area contributed by atoms with Crippen LogP contribution in [-0.4, -0.2) is 30.8 Å². The Morgan fingerprint density at radius 2 is 1.88 bits per heavy atom. The first-order valence-electron chi connectivity index (χ1n) is 7.29. The molecule has 0 aliphatic heterocycles. The number of sulfonamides is 1. The van der Waals surface area contributed by atoms with Crippen LogP contribution in [0.2, 0.25) is 0 Å². The maximum absolute atomic E-state index is 12.1. The van der Waals surface area contributed by atoms with Crippen LogP contribution in [0.1, 0.15) is 12.1 Å². The summed E-state index contributed by atoms with van der Waals surface area (Å²) in [5.41, 5.74) is 0.496. The number of hydrogen-bond donors (Lipinski definition) is 2. The van der Waals surface area contributed by atoms with Gasteiger partial charge in [0, 0.05) is 31.3 Å².